The molecule has 0 bridgehead atoms. The summed E-state index contributed by atoms with van der Waals surface area (Å²) in [5.41, 5.74) is 12.9. The first-order valence-corrected chi connectivity index (χ1v) is 5.76. The Hall–Kier alpha value is -1.71. The lowest BCUT2D eigenvalue weighted by Gasteiger charge is -2.28. The number of nitrogen functional groups attached to an aromatic ring is 2. The van der Waals surface area contributed by atoms with E-state index in [0.717, 1.165) is 0 Å². The van der Waals surface area contributed by atoms with Crippen LogP contribution in [0.15, 0.2) is 18.2 Å². The van der Waals surface area contributed by atoms with Crippen LogP contribution < -0.4 is 11.5 Å². The van der Waals surface area contributed by atoms with E-state index in [1.54, 1.807) is 30.1 Å². The molecular weight excluding hydrogens is 214 g/mol. The lowest BCUT2D eigenvalue weighted by molar-refractivity contribution is 0.0707. The van der Waals surface area contributed by atoms with Crippen molar-refractivity contribution in [2.24, 2.45) is 5.92 Å². The summed E-state index contributed by atoms with van der Waals surface area (Å²) >= 11 is 0. The first-order valence-electron chi connectivity index (χ1n) is 5.76. The van der Waals surface area contributed by atoms with Crippen molar-refractivity contribution in [2.75, 3.05) is 18.5 Å². The molecule has 94 valence electrons. The Morgan fingerprint density at radius 1 is 1.12 bits per heavy atom. The van der Waals surface area contributed by atoms with Gasteiger partial charge in [0.1, 0.15) is 0 Å². The van der Waals surface area contributed by atoms with Gasteiger partial charge in [0.2, 0.25) is 0 Å². The minimum atomic E-state index is -0.0507. The number of anilines is 2. The van der Waals surface area contributed by atoms with Gasteiger partial charge in [-0.1, -0.05) is 13.8 Å². The molecule has 0 saturated carbocycles. The summed E-state index contributed by atoms with van der Waals surface area (Å²) in [7, 11) is 1.80. The molecule has 0 aliphatic carbocycles. The molecule has 0 aliphatic heterocycles. The highest BCUT2D eigenvalue weighted by atomic mass is 16.2. The number of hydrogen-bond acceptors (Lipinski definition) is 3. The number of amides is 1. The van der Waals surface area contributed by atoms with Crippen LogP contribution in [0.4, 0.5) is 11.4 Å². The SMILES string of the molecule is CC(C)C(C)N(C)C(=O)c1cc(N)cc(N)c1. The van der Waals surface area contributed by atoms with E-state index in [4.69, 9.17) is 11.5 Å². The predicted molar refractivity (Wildman–Crippen MR) is 71.7 cm³/mol. The summed E-state index contributed by atoms with van der Waals surface area (Å²) in [6, 6.07) is 5.12. The fourth-order valence-corrected chi connectivity index (χ4v) is 1.64. The molecule has 1 aromatic carbocycles. The molecule has 0 heterocycles. The maximum Gasteiger partial charge on any atom is 0.253 e. The van der Waals surface area contributed by atoms with E-state index in [1.165, 1.54) is 0 Å². The van der Waals surface area contributed by atoms with Gasteiger partial charge in [0.05, 0.1) is 0 Å². The molecule has 1 rings (SSSR count). The highest BCUT2D eigenvalue weighted by molar-refractivity contribution is 5.96. The van der Waals surface area contributed by atoms with Crippen LogP contribution in [-0.2, 0) is 0 Å². The van der Waals surface area contributed by atoms with E-state index in [1.807, 2.05) is 6.92 Å². The molecular formula is C13H21N3O. The van der Waals surface area contributed by atoms with E-state index in [2.05, 4.69) is 13.8 Å². The van der Waals surface area contributed by atoms with Crippen LogP contribution in [-0.4, -0.2) is 23.9 Å². The molecule has 0 spiro atoms. The van der Waals surface area contributed by atoms with Gasteiger partial charge >= 0.3 is 0 Å². The van der Waals surface area contributed by atoms with Crippen molar-refractivity contribution in [3.63, 3.8) is 0 Å². The van der Waals surface area contributed by atoms with Crippen LogP contribution in [0.25, 0.3) is 0 Å². The third-order valence-corrected chi connectivity index (χ3v) is 3.12. The number of benzene rings is 1. The Morgan fingerprint density at radius 3 is 2.00 bits per heavy atom. The van der Waals surface area contributed by atoms with Crippen molar-refractivity contribution in [3.05, 3.63) is 23.8 Å². The fraction of sp³-hybridized carbons (Fsp3) is 0.462. The van der Waals surface area contributed by atoms with Gasteiger partial charge in [0.25, 0.3) is 5.91 Å². The summed E-state index contributed by atoms with van der Waals surface area (Å²) in [4.78, 5) is 13.9. The fourth-order valence-electron chi connectivity index (χ4n) is 1.64. The zero-order valence-corrected chi connectivity index (χ0v) is 10.9. The maximum absolute atomic E-state index is 12.2. The third kappa shape index (κ3) is 3.12. The molecule has 0 radical (unpaired) electrons. The summed E-state index contributed by atoms with van der Waals surface area (Å²) in [5.74, 6) is 0.354. The Morgan fingerprint density at radius 2 is 1.59 bits per heavy atom. The standard InChI is InChI=1S/C13H21N3O/c1-8(2)9(3)16(4)13(17)10-5-11(14)7-12(15)6-10/h5-9H,14-15H2,1-4H3. The van der Waals surface area contributed by atoms with Crippen LogP contribution in [0.5, 0.6) is 0 Å². The van der Waals surface area contributed by atoms with E-state index in [9.17, 15) is 4.79 Å². The average Bonchev–Trinajstić information content (AvgIpc) is 2.24. The number of carbonyl (C=O) groups excluding carboxylic acids is 1. The Kier molecular flexibility index (Phi) is 3.99. The molecule has 1 amide bonds. The molecule has 0 aliphatic rings. The number of hydrogen-bond donors (Lipinski definition) is 2. The van der Waals surface area contributed by atoms with Crippen molar-refractivity contribution in [1.29, 1.82) is 0 Å². The Balaban J connectivity index is 2.96. The molecule has 1 unspecified atom stereocenters. The second kappa shape index (κ2) is 5.08. The predicted octanol–water partition coefficient (Wildman–Crippen LogP) is 1.97. The number of nitrogens with zero attached hydrogens (tertiary/aromatic N) is 1. The van der Waals surface area contributed by atoms with Crippen LogP contribution in [0.1, 0.15) is 31.1 Å². The van der Waals surface area contributed by atoms with Crippen LogP contribution >= 0.6 is 0 Å². The minimum Gasteiger partial charge on any atom is -0.399 e. The molecule has 1 atom stereocenters. The summed E-state index contributed by atoms with van der Waals surface area (Å²) < 4.78 is 0. The molecule has 0 aromatic heterocycles. The molecule has 0 saturated heterocycles. The lowest BCUT2D eigenvalue weighted by Crippen LogP contribution is -2.38. The minimum absolute atomic E-state index is 0.0507. The van der Waals surface area contributed by atoms with Crippen LogP contribution in [0.3, 0.4) is 0 Å². The molecule has 4 N–H and O–H groups in total. The summed E-state index contributed by atoms with van der Waals surface area (Å²) in [6.07, 6.45) is 0. The quantitative estimate of drug-likeness (QED) is 0.787. The largest absolute Gasteiger partial charge is 0.399 e. The number of rotatable bonds is 3. The van der Waals surface area contributed by atoms with Gasteiger partial charge in [-0.25, -0.2) is 0 Å². The van der Waals surface area contributed by atoms with Gasteiger partial charge in [-0.3, -0.25) is 4.79 Å². The maximum atomic E-state index is 12.2. The van der Waals surface area contributed by atoms with Gasteiger partial charge in [-0.2, -0.15) is 0 Å². The molecule has 0 fully saturated rings. The summed E-state index contributed by atoms with van der Waals surface area (Å²) in [5, 5.41) is 0. The van der Waals surface area contributed by atoms with Crippen molar-refractivity contribution in [2.45, 2.75) is 26.8 Å². The summed E-state index contributed by atoms with van der Waals surface area (Å²) in [6.45, 7) is 6.20. The Labute approximate surface area is 103 Å². The van der Waals surface area contributed by atoms with Crippen molar-refractivity contribution < 1.29 is 4.79 Å². The van der Waals surface area contributed by atoms with Gasteiger partial charge in [-0.05, 0) is 31.0 Å². The molecule has 4 heteroatoms. The van der Waals surface area contributed by atoms with Gasteiger partial charge in [0, 0.05) is 30.0 Å². The zero-order valence-electron chi connectivity index (χ0n) is 10.9. The van der Waals surface area contributed by atoms with Gasteiger partial charge in [-0.15, -0.1) is 0 Å². The number of carbonyl (C=O) groups is 1. The highest BCUT2D eigenvalue weighted by Gasteiger charge is 2.20. The van der Waals surface area contributed by atoms with Crippen molar-refractivity contribution in [1.82, 2.24) is 4.90 Å². The van der Waals surface area contributed by atoms with Gasteiger partial charge in [0.15, 0.2) is 0 Å². The molecule has 1 aromatic rings. The number of nitrogens with two attached hydrogens (primary N) is 2. The van der Waals surface area contributed by atoms with Gasteiger partial charge < -0.3 is 16.4 Å². The second-order valence-corrected chi connectivity index (χ2v) is 4.79. The van der Waals surface area contributed by atoms with Crippen LogP contribution in [0.2, 0.25) is 0 Å². The second-order valence-electron chi connectivity index (χ2n) is 4.79. The Bertz CT molecular complexity index is 395. The van der Waals surface area contributed by atoms with E-state index in [-0.39, 0.29) is 11.9 Å². The highest BCUT2D eigenvalue weighted by Crippen LogP contribution is 2.17. The molecule has 4 nitrogen and oxygen atoms in total. The first kappa shape index (κ1) is 13.4. The van der Waals surface area contributed by atoms with E-state index < -0.39 is 0 Å². The van der Waals surface area contributed by atoms with E-state index in [0.29, 0.717) is 22.9 Å². The average molecular weight is 235 g/mol. The topological polar surface area (TPSA) is 72.3 Å². The first-order chi connectivity index (χ1) is 7.82. The van der Waals surface area contributed by atoms with E-state index >= 15 is 0 Å². The van der Waals surface area contributed by atoms with Crippen LogP contribution in [0, 0.1) is 5.92 Å². The van der Waals surface area contributed by atoms with Crippen molar-refractivity contribution >= 4 is 17.3 Å². The smallest absolute Gasteiger partial charge is 0.253 e. The molecule has 17 heavy (non-hydrogen) atoms. The zero-order chi connectivity index (χ0) is 13.2. The lowest BCUT2D eigenvalue weighted by atomic mass is 10.0. The van der Waals surface area contributed by atoms with Crippen molar-refractivity contribution in [3.8, 4) is 0 Å². The monoisotopic (exact) mass is 235 g/mol. The third-order valence-electron chi connectivity index (χ3n) is 3.12. The normalized spacial score (nSPS) is 12.5.